The van der Waals surface area contributed by atoms with Crippen LogP contribution in [0.2, 0.25) is 5.02 Å². The molecule has 6 heteroatoms. The molecule has 0 radical (unpaired) electrons. The van der Waals surface area contributed by atoms with Crippen molar-refractivity contribution in [3.63, 3.8) is 0 Å². The molecule has 0 aliphatic rings. The van der Waals surface area contributed by atoms with Crippen molar-refractivity contribution in [3.05, 3.63) is 58.4 Å². The minimum Gasteiger partial charge on any atom is -0.507 e. The van der Waals surface area contributed by atoms with Crippen LogP contribution in [0.1, 0.15) is 30.5 Å². The Kier molecular flexibility index (Phi) is 7.42. The number of hydrogen-bond donors (Lipinski definition) is 2. The summed E-state index contributed by atoms with van der Waals surface area (Å²) in [5.41, 5.74) is 1.04. The summed E-state index contributed by atoms with van der Waals surface area (Å²) in [4.78, 5) is 5.42. The van der Waals surface area contributed by atoms with E-state index in [4.69, 9.17) is 16.3 Å². The summed E-state index contributed by atoms with van der Waals surface area (Å²) in [6, 6.07) is 9.56. The highest BCUT2D eigenvalue weighted by atomic mass is 35.5. The highest BCUT2D eigenvalue weighted by Crippen LogP contribution is 2.25. The van der Waals surface area contributed by atoms with Gasteiger partial charge < -0.3 is 14.7 Å². The van der Waals surface area contributed by atoms with Crippen LogP contribution in [0.4, 0.5) is 4.39 Å². The average Bonchev–Trinajstić information content (AvgIpc) is 2.59. The lowest BCUT2D eigenvalue weighted by atomic mass is 10.1. The van der Waals surface area contributed by atoms with Gasteiger partial charge in [0.1, 0.15) is 23.4 Å². The summed E-state index contributed by atoms with van der Waals surface area (Å²) in [6.45, 7) is 2.96. The molecule has 0 aliphatic carbocycles. The molecule has 0 amide bonds. The maximum Gasteiger partial charge on any atom is 0.137 e. The molecule has 2 aromatic rings. The van der Waals surface area contributed by atoms with Crippen LogP contribution in [0.3, 0.4) is 0 Å². The average molecular weight is 380 g/mol. The minimum absolute atomic E-state index is 0.0972. The molecule has 0 saturated heterocycles. The second-order valence-corrected chi connectivity index (χ2v) is 6.74. The zero-order valence-corrected chi connectivity index (χ0v) is 16.1. The van der Waals surface area contributed by atoms with Gasteiger partial charge in [-0.15, -0.1) is 0 Å². The number of nitrogens with zero attached hydrogens (tertiary/aromatic N) is 1. The summed E-state index contributed by atoms with van der Waals surface area (Å²) < 4.78 is 19.7. The zero-order chi connectivity index (χ0) is 19.1. The van der Waals surface area contributed by atoms with Crippen LogP contribution >= 0.6 is 11.6 Å². The predicted octanol–water partition coefficient (Wildman–Crippen LogP) is 3.28. The van der Waals surface area contributed by atoms with Crippen molar-refractivity contribution >= 4 is 17.8 Å². The number of quaternary nitrogens is 1. The fraction of sp³-hybridized carbons (Fsp3) is 0.350. The van der Waals surface area contributed by atoms with E-state index in [0.29, 0.717) is 35.1 Å². The summed E-state index contributed by atoms with van der Waals surface area (Å²) in [7, 11) is 3.86. The summed E-state index contributed by atoms with van der Waals surface area (Å²) in [5.74, 6) is 0.384. The Morgan fingerprint density at radius 3 is 2.69 bits per heavy atom. The van der Waals surface area contributed by atoms with E-state index in [1.807, 2.05) is 21.0 Å². The fourth-order valence-electron chi connectivity index (χ4n) is 2.60. The quantitative estimate of drug-likeness (QED) is 0.691. The van der Waals surface area contributed by atoms with Crippen LogP contribution in [0.25, 0.3) is 0 Å². The topological polar surface area (TPSA) is 46.3 Å². The Balaban J connectivity index is 2.14. The minimum atomic E-state index is -0.334. The molecular formula is C20H25ClFN2O2+. The molecule has 0 bridgehead atoms. The van der Waals surface area contributed by atoms with Crippen molar-refractivity contribution in [1.82, 2.24) is 0 Å². The van der Waals surface area contributed by atoms with Crippen molar-refractivity contribution in [2.75, 3.05) is 27.2 Å². The molecule has 1 atom stereocenters. The molecule has 0 heterocycles. The van der Waals surface area contributed by atoms with Crippen molar-refractivity contribution < 1.29 is 19.1 Å². The standard InChI is InChI=1S/C20H24ClFN2O2/c1-4-10-26-15-9-8-14(19(25)11-15)12-23-13-18(24(2)3)20-16(21)6-5-7-17(20)22/h5-9,11-12,18,25H,4,10,13H2,1-3H3/p+1/t18-/m0/s1. The first-order valence-electron chi connectivity index (χ1n) is 8.63. The van der Waals surface area contributed by atoms with Crippen LogP contribution in [0, 0.1) is 5.82 Å². The van der Waals surface area contributed by atoms with Gasteiger partial charge in [0.2, 0.25) is 0 Å². The third-order valence-corrected chi connectivity index (χ3v) is 4.37. The first-order valence-corrected chi connectivity index (χ1v) is 9.01. The van der Waals surface area contributed by atoms with E-state index in [1.165, 1.54) is 6.07 Å². The molecule has 4 nitrogen and oxygen atoms in total. The lowest BCUT2D eigenvalue weighted by Gasteiger charge is -2.21. The van der Waals surface area contributed by atoms with E-state index in [2.05, 4.69) is 4.99 Å². The van der Waals surface area contributed by atoms with E-state index in [9.17, 15) is 9.50 Å². The van der Waals surface area contributed by atoms with E-state index in [-0.39, 0.29) is 17.6 Å². The molecule has 140 valence electrons. The lowest BCUT2D eigenvalue weighted by molar-refractivity contribution is -0.890. The molecule has 2 rings (SSSR count). The third kappa shape index (κ3) is 5.19. The molecule has 0 aliphatic heterocycles. The normalized spacial score (nSPS) is 12.7. The number of nitrogens with one attached hydrogen (secondary N) is 1. The van der Waals surface area contributed by atoms with E-state index >= 15 is 0 Å². The second-order valence-electron chi connectivity index (χ2n) is 6.33. The second kappa shape index (κ2) is 9.55. The molecule has 0 spiro atoms. The van der Waals surface area contributed by atoms with Crippen LogP contribution in [0.15, 0.2) is 41.4 Å². The SMILES string of the molecule is CCCOc1ccc(C=NC[C@@H](c2c(F)cccc2Cl)[NH+](C)C)c(O)c1. The molecule has 0 unspecified atom stereocenters. The number of ether oxygens (including phenoxy) is 1. The van der Waals surface area contributed by atoms with Crippen molar-refractivity contribution in [1.29, 1.82) is 0 Å². The van der Waals surface area contributed by atoms with Gasteiger partial charge in [0.05, 0.1) is 37.8 Å². The Labute approximate surface area is 158 Å². The number of rotatable bonds is 8. The van der Waals surface area contributed by atoms with Gasteiger partial charge in [-0.25, -0.2) is 4.39 Å². The fourth-order valence-corrected chi connectivity index (χ4v) is 2.90. The van der Waals surface area contributed by atoms with Crippen LogP contribution < -0.4 is 9.64 Å². The van der Waals surface area contributed by atoms with Gasteiger partial charge in [-0.05, 0) is 30.7 Å². The van der Waals surface area contributed by atoms with Crippen molar-refractivity contribution in [2.45, 2.75) is 19.4 Å². The number of aromatic hydroxyl groups is 1. The molecule has 0 fully saturated rings. The van der Waals surface area contributed by atoms with E-state index in [1.54, 1.807) is 36.5 Å². The smallest absolute Gasteiger partial charge is 0.137 e. The molecule has 2 N–H and O–H groups in total. The highest BCUT2D eigenvalue weighted by Gasteiger charge is 2.23. The number of aliphatic imine (C=N–C) groups is 1. The van der Waals surface area contributed by atoms with Gasteiger partial charge in [-0.2, -0.15) is 0 Å². The summed E-state index contributed by atoms with van der Waals surface area (Å²) in [6.07, 6.45) is 2.49. The predicted molar refractivity (Wildman–Crippen MR) is 103 cm³/mol. The van der Waals surface area contributed by atoms with E-state index in [0.717, 1.165) is 11.3 Å². The molecular weight excluding hydrogens is 355 g/mol. The van der Waals surface area contributed by atoms with Gasteiger partial charge >= 0.3 is 0 Å². The number of halogens is 2. The van der Waals surface area contributed by atoms with Gasteiger partial charge in [0, 0.05) is 17.8 Å². The first kappa shape index (κ1) is 20.2. The van der Waals surface area contributed by atoms with Gasteiger partial charge in [0.15, 0.2) is 0 Å². The monoisotopic (exact) mass is 379 g/mol. The largest absolute Gasteiger partial charge is 0.507 e. The molecule has 26 heavy (non-hydrogen) atoms. The Hall–Kier alpha value is -2.11. The summed E-state index contributed by atoms with van der Waals surface area (Å²) >= 11 is 6.19. The summed E-state index contributed by atoms with van der Waals surface area (Å²) in [5, 5.41) is 10.5. The molecule has 2 aromatic carbocycles. The van der Waals surface area contributed by atoms with Gasteiger partial charge in [-0.3, -0.25) is 4.99 Å². The Morgan fingerprint density at radius 2 is 2.08 bits per heavy atom. The number of likely N-dealkylation sites (N-methyl/N-ethyl adjacent to an activating group) is 1. The van der Waals surface area contributed by atoms with Crippen molar-refractivity contribution in [3.8, 4) is 11.5 Å². The van der Waals surface area contributed by atoms with Gasteiger partial charge in [0.25, 0.3) is 0 Å². The van der Waals surface area contributed by atoms with Gasteiger partial charge in [-0.1, -0.05) is 24.6 Å². The first-order chi connectivity index (χ1) is 12.4. The molecule has 0 aromatic heterocycles. The third-order valence-electron chi connectivity index (χ3n) is 4.04. The van der Waals surface area contributed by atoms with Crippen LogP contribution in [-0.2, 0) is 0 Å². The number of phenols is 1. The van der Waals surface area contributed by atoms with E-state index < -0.39 is 0 Å². The lowest BCUT2D eigenvalue weighted by Crippen LogP contribution is -3.06. The Bertz CT molecular complexity index is 745. The highest BCUT2D eigenvalue weighted by molar-refractivity contribution is 6.31. The maximum atomic E-state index is 14.2. The van der Waals surface area contributed by atoms with Crippen molar-refractivity contribution in [2.24, 2.45) is 4.99 Å². The number of phenolic OH excluding ortho intramolecular Hbond substituents is 1. The Morgan fingerprint density at radius 1 is 1.31 bits per heavy atom. The molecule has 0 saturated carbocycles. The number of benzene rings is 2. The maximum absolute atomic E-state index is 14.2. The zero-order valence-electron chi connectivity index (χ0n) is 15.3. The van der Waals surface area contributed by atoms with Crippen LogP contribution in [-0.4, -0.2) is 38.6 Å². The number of hydrogen-bond acceptors (Lipinski definition) is 3. The van der Waals surface area contributed by atoms with Crippen LogP contribution in [0.5, 0.6) is 11.5 Å².